The van der Waals surface area contributed by atoms with E-state index in [2.05, 4.69) is 25.0 Å². The fourth-order valence-corrected chi connectivity index (χ4v) is 6.85. The van der Waals surface area contributed by atoms with Crippen molar-refractivity contribution in [1.82, 2.24) is 34.2 Å². The van der Waals surface area contributed by atoms with Gasteiger partial charge in [0.1, 0.15) is 36.7 Å². The number of hydrogen-bond donors (Lipinski definition) is 6. The molecule has 0 spiro atoms. The predicted octanol–water partition coefficient (Wildman–Crippen LogP) is -0.987. The number of nitrogen functional groups attached to an aromatic ring is 1. The average molecular weight is 657 g/mol. The highest BCUT2D eigenvalue weighted by Gasteiger charge is 2.48. The number of hydrogen-bond acceptors (Lipinski definition) is 14. The van der Waals surface area contributed by atoms with Gasteiger partial charge in [-0.15, -0.1) is 0 Å². The summed E-state index contributed by atoms with van der Waals surface area (Å²) in [6.07, 6.45) is -3.17. The highest BCUT2D eigenvalue weighted by Crippen LogP contribution is 2.49. The van der Waals surface area contributed by atoms with Crippen LogP contribution in [0.2, 0.25) is 0 Å². The van der Waals surface area contributed by atoms with Gasteiger partial charge in [-0.25, -0.2) is 19.4 Å². The van der Waals surface area contributed by atoms with Gasteiger partial charge in [0.05, 0.1) is 19.5 Å². The molecule has 0 bridgehead atoms. The number of rotatable bonds is 13. The fourth-order valence-electron chi connectivity index (χ4n) is 5.27. The number of aryl methyl sites for hydroxylation is 1. The number of nitrogens with one attached hydrogen (secondary N) is 3. The maximum Gasteiger partial charge on any atom is 0.405 e. The molecule has 0 aliphatic carbocycles. The van der Waals surface area contributed by atoms with Crippen LogP contribution >= 0.6 is 7.75 Å². The van der Waals surface area contributed by atoms with Crippen molar-refractivity contribution in [2.45, 2.75) is 76.1 Å². The van der Waals surface area contributed by atoms with Gasteiger partial charge in [-0.1, -0.05) is 13.3 Å². The van der Waals surface area contributed by atoms with Crippen LogP contribution in [0.25, 0.3) is 11.2 Å². The quantitative estimate of drug-likeness (QED) is 0.0953. The van der Waals surface area contributed by atoms with E-state index in [1.165, 1.54) is 35.7 Å². The number of ether oxygens (including phenoxy) is 3. The van der Waals surface area contributed by atoms with E-state index in [1.807, 2.05) is 6.92 Å². The lowest BCUT2D eigenvalue weighted by molar-refractivity contribution is -0.0600. The Hall–Kier alpha value is -3.26. The average Bonchev–Trinajstić information content (AvgIpc) is 3.68. The van der Waals surface area contributed by atoms with Gasteiger partial charge in [-0.05, 0) is 13.3 Å². The number of H-pyrrole nitrogens is 2. The van der Waals surface area contributed by atoms with E-state index in [0.29, 0.717) is 6.42 Å². The Balaban J connectivity index is 1.33. The summed E-state index contributed by atoms with van der Waals surface area (Å²) in [5, 5.41) is 23.9. The van der Waals surface area contributed by atoms with E-state index in [1.54, 1.807) is 0 Å². The molecular weight excluding hydrogens is 619 g/mol. The second kappa shape index (κ2) is 13.6. The highest BCUT2D eigenvalue weighted by molar-refractivity contribution is 7.51. The maximum absolute atomic E-state index is 14.0. The number of unbranched alkanes of at least 4 members (excludes halogenated alkanes) is 1. The van der Waals surface area contributed by atoms with Gasteiger partial charge in [0, 0.05) is 31.8 Å². The minimum absolute atomic E-state index is 0.00122. The zero-order valence-corrected chi connectivity index (χ0v) is 25.7. The summed E-state index contributed by atoms with van der Waals surface area (Å²) in [5.41, 5.74) is 4.29. The van der Waals surface area contributed by atoms with E-state index >= 15 is 0 Å². The number of anilines is 1. The van der Waals surface area contributed by atoms with Gasteiger partial charge in [-0.3, -0.25) is 37.7 Å². The zero-order chi connectivity index (χ0) is 32.5. The third kappa shape index (κ3) is 6.81. The zero-order valence-electron chi connectivity index (χ0n) is 24.8. The number of aromatic nitrogens is 6. The molecule has 0 radical (unpaired) electrons. The number of nitrogens with two attached hydrogens (primary N) is 1. The van der Waals surface area contributed by atoms with Crippen LogP contribution in [0, 0.1) is 6.92 Å². The summed E-state index contributed by atoms with van der Waals surface area (Å²) in [4.78, 5) is 49.3. The highest BCUT2D eigenvalue weighted by atomic mass is 31.2. The van der Waals surface area contributed by atoms with Crippen molar-refractivity contribution in [3.8, 4) is 0 Å². The molecule has 45 heavy (non-hydrogen) atoms. The standard InChI is InChI=1S/C25H37N8O11P/c1-4-5-6-28-45(39,44-13-7-16(42-14(13)9-34)32-8-12(2)21(36)31-25(32)38)41-10-15-18(35)19(40-3)23(43-15)33-11-27-17-20(33)29-24(26)30-22(17)37/h8,11,13-16,18-19,23,34-35H,4-7,9-10H2,1-3H3,(H,28,39)(H,31,36,38)(H3,26,29,30,37)/t13-,14-,15-,16-,18+,19?,23-,45?/m1/s1. The number of aliphatic hydroxyl groups is 2. The second-order valence-electron chi connectivity index (χ2n) is 10.8. The normalized spacial score (nSPS) is 28.2. The molecule has 8 atom stereocenters. The summed E-state index contributed by atoms with van der Waals surface area (Å²) in [7, 11) is -2.78. The van der Waals surface area contributed by atoms with Crippen LogP contribution in [-0.4, -0.2) is 96.7 Å². The Morgan fingerprint density at radius 1 is 1.20 bits per heavy atom. The van der Waals surface area contributed by atoms with Gasteiger partial charge >= 0.3 is 13.4 Å². The van der Waals surface area contributed by atoms with Crippen LogP contribution in [-0.2, 0) is 27.8 Å². The van der Waals surface area contributed by atoms with Crippen LogP contribution < -0.4 is 27.6 Å². The summed E-state index contributed by atoms with van der Waals surface area (Å²) >= 11 is 0. The van der Waals surface area contributed by atoms with Gasteiger partial charge in [0.25, 0.3) is 11.1 Å². The number of aromatic amines is 2. The van der Waals surface area contributed by atoms with Crippen LogP contribution in [0.15, 0.2) is 26.9 Å². The van der Waals surface area contributed by atoms with Crippen LogP contribution in [0.1, 0.15) is 44.2 Å². The lowest BCUT2D eigenvalue weighted by Gasteiger charge is -2.26. The first-order valence-electron chi connectivity index (χ1n) is 14.3. The molecule has 7 N–H and O–H groups in total. The smallest absolute Gasteiger partial charge is 0.394 e. The lowest BCUT2D eigenvalue weighted by atomic mass is 10.1. The Morgan fingerprint density at radius 3 is 2.69 bits per heavy atom. The maximum atomic E-state index is 14.0. The van der Waals surface area contributed by atoms with Crippen molar-refractivity contribution in [1.29, 1.82) is 0 Å². The second-order valence-corrected chi connectivity index (χ2v) is 12.5. The van der Waals surface area contributed by atoms with E-state index in [0.717, 1.165) is 6.42 Å². The van der Waals surface area contributed by atoms with Gasteiger partial charge in [-0.2, -0.15) is 4.98 Å². The molecule has 2 saturated heterocycles. The number of methoxy groups -OCH3 is 1. The first kappa shape index (κ1) is 33.1. The number of fused-ring (bicyclic) bond motifs is 1. The minimum atomic E-state index is -4.15. The number of nitrogens with zero attached hydrogens (tertiary/aromatic N) is 4. The van der Waals surface area contributed by atoms with Crippen molar-refractivity contribution in [2.24, 2.45) is 0 Å². The molecule has 0 saturated carbocycles. The molecule has 2 unspecified atom stereocenters. The molecular formula is C25H37N8O11P. The summed E-state index contributed by atoms with van der Waals surface area (Å²) < 4.78 is 45.7. The monoisotopic (exact) mass is 656 g/mol. The molecule has 2 fully saturated rings. The first-order valence-corrected chi connectivity index (χ1v) is 15.9. The molecule has 2 aliphatic heterocycles. The van der Waals surface area contributed by atoms with Crippen LogP contribution in [0.3, 0.4) is 0 Å². The molecule has 3 aromatic rings. The van der Waals surface area contributed by atoms with Crippen molar-refractivity contribution in [3.63, 3.8) is 0 Å². The molecule has 0 aromatic carbocycles. The van der Waals surface area contributed by atoms with Crippen molar-refractivity contribution < 1.29 is 38.0 Å². The molecule has 5 heterocycles. The SMILES string of the molecule is CCCCNP(=O)(OC[C@H]1O[C@@H](n2cnc3c(=O)[nH]c(N)nc32)C(OC)[C@H]1O)O[C@@H]1C[C@H](n2cc(C)c(=O)[nH]c2=O)O[C@@H]1CO. The summed E-state index contributed by atoms with van der Waals surface area (Å²) in [5.74, 6) is -0.141. The third-order valence-corrected chi connectivity index (χ3v) is 9.29. The summed E-state index contributed by atoms with van der Waals surface area (Å²) in [6, 6.07) is 0. The van der Waals surface area contributed by atoms with Crippen LogP contribution in [0.5, 0.6) is 0 Å². The lowest BCUT2D eigenvalue weighted by Crippen LogP contribution is -2.36. The topological polar surface area (TPSA) is 260 Å². The van der Waals surface area contributed by atoms with Crippen LogP contribution in [0.4, 0.5) is 5.95 Å². The molecule has 5 rings (SSSR count). The molecule has 3 aromatic heterocycles. The Labute approximate surface area is 255 Å². The van der Waals surface area contributed by atoms with E-state index < -0.39 is 80.7 Å². The Bertz CT molecular complexity index is 1720. The number of aliphatic hydroxyl groups excluding tert-OH is 2. The van der Waals surface area contributed by atoms with Crippen molar-refractivity contribution in [2.75, 3.05) is 32.6 Å². The molecule has 0 amide bonds. The largest absolute Gasteiger partial charge is 0.405 e. The molecule has 20 heteroatoms. The van der Waals surface area contributed by atoms with Crippen molar-refractivity contribution >= 4 is 24.9 Å². The van der Waals surface area contributed by atoms with Gasteiger partial charge in [0.15, 0.2) is 17.4 Å². The fraction of sp³-hybridized carbons (Fsp3) is 0.640. The van der Waals surface area contributed by atoms with Gasteiger partial charge in [0.2, 0.25) is 5.95 Å². The summed E-state index contributed by atoms with van der Waals surface area (Å²) in [6.45, 7) is 2.79. The molecule has 2 aliphatic rings. The minimum Gasteiger partial charge on any atom is -0.394 e. The van der Waals surface area contributed by atoms with E-state index in [-0.39, 0.29) is 35.6 Å². The van der Waals surface area contributed by atoms with Gasteiger partial charge < -0.3 is 30.2 Å². The first-order chi connectivity index (χ1) is 21.5. The van der Waals surface area contributed by atoms with Crippen molar-refractivity contribution in [3.05, 3.63) is 49.3 Å². The predicted molar refractivity (Wildman–Crippen MR) is 156 cm³/mol. The number of imidazole rings is 1. The van der Waals surface area contributed by atoms with E-state index in [4.69, 9.17) is 29.0 Å². The Kier molecular flexibility index (Phi) is 10.0. The van der Waals surface area contributed by atoms with E-state index in [9.17, 15) is 29.2 Å². The Morgan fingerprint density at radius 2 is 1.98 bits per heavy atom. The molecule has 248 valence electrons. The molecule has 19 nitrogen and oxygen atoms in total. The third-order valence-electron chi connectivity index (χ3n) is 7.65.